The van der Waals surface area contributed by atoms with Crippen LogP contribution in [0.15, 0.2) is 46.9 Å². The molecular formula is C18H19BrO4. The first-order valence-electron chi connectivity index (χ1n) is 7.36. The molecule has 0 radical (unpaired) electrons. The van der Waals surface area contributed by atoms with E-state index in [0.29, 0.717) is 24.9 Å². The van der Waals surface area contributed by atoms with E-state index >= 15 is 0 Å². The summed E-state index contributed by atoms with van der Waals surface area (Å²) in [5.41, 5.74) is 1.38. The van der Waals surface area contributed by atoms with E-state index in [2.05, 4.69) is 35.8 Å². The third-order valence-electron chi connectivity index (χ3n) is 3.30. The molecular weight excluding hydrogens is 360 g/mol. The van der Waals surface area contributed by atoms with Gasteiger partial charge in [-0.1, -0.05) is 29.8 Å². The predicted octanol–water partition coefficient (Wildman–Crippen LogP) is 4.73. The van der Waals surface area contributed by atoms with Gasteiger partial charge in [-0.25, -0.2) is 4.79 Å². The number of hydrogen-bond acceptors (Lipinski definition) is 3. The number of ether oxygens (including phenoxy) is 2. The van der Waals surface area contributed by atoms with Crippen LogP contribution >= 0.6 is 15.9 Å². The number of aromatic carboxylic acids is 1. The van der Waals surface area contributed by atoms with Gasteiger partial charge in [-0.15, -0.1) is 0 Å². The first kappa shape index (κ1) is 17.3. The monoisotopic (exact) mass is 378 g/mol. The van der Waals surface area contributed by atoms with Gasteiger partial charge in [-0.3, -0.25) is 0 Å². The number of carboxylic acid groups (broad SMARTS) is 1. The van der Waals surface area contributed by atoms with Gasteiger partial charge in [-0.05, 0) is 53.9 Å². The van der Waals surface area contributed by atoms with E-state index in [1.165, 1.54) is 12.1 Å². The lowest BCUT2D eigenvalue weighted by Gasteiger charge is -2.15. The first-order chi connectivity index (χ1) is 11.0. The van der Waals surface area contributed by atoms with Crippen LogP contribution in [-0.2, 0) is 0 Å². The molecule has 0 aromatic heterocycles. The molecule has 122 valence electrons. The maximum Gasteiger partial charge on any atom is 0.335 e. The average molecular weight is 379 g/mol. The van der Waals surface area contributed by atoms with Crippen LogP contribution in [0.3, 0.4) is 0 Å². The Morgan fingerprint density at radius 1 is 1.09 bits per heavy atom. The summed E-state index contributed by atoms with van der Waals surface area (Å²) in [4.78, 5) is 10.8. The van der Waals surface area contributed by atoms with Gasteiger partial charge in [0.1, 0.15) is 24.7 Å². The zero-order valence-corrected chi connectivity index (χ0v) is 14.7. The van der Waals surface area contributed by atoms with Crippen LogP contribution in [0.5, 0.6) is 11.5 Å². The van der Waals surface area contributed by atoms with E-state index in [4.69, 9.17) is 14.6 Å². The Morgan fingerprint density at radius 2 is 1.74 bits per heavy atom. The molecule has 0 saturated heterocycles. The summed E-state index contributed by atoms with van der Waals surface area (Å²) in [7, 11) is 0. The van der Waals surface area contributed by atoms with Gasteiger partial charge in [0.05, 0.1) is 5.56 Å². The highest BCUT2D eigenvalue weighted by atomic mass is 79.9. The van der Waals surface area contributed by atoms with Crippen LogP contribution in [0, 0.1) is 0 Å². The van der Waals surface area contributed by atoms with Crippen LogP contribution in [0.1, 0.15) is 35.7 Å². The number of hydrogen-bond donors (Lipinski definition) is 1. The summed E-state index contributed by atoms with van der Waals surface area (Å²) in [5.74, 6) is 0.898. The van der Waals surface area contributed by atoms with Crippen molar-refractivity contribution in [1.29, 1.82) is 0 Å². The van der Waals surface area contributed by atoms with Crippen molar-refractivity contribution in [2.75, 3.05) is 13.2 Å². The number of halogens is 1. The number of carbonyl (C=O) groups is 1. The largest absolute Gasteiger partial charge is 0.490 e. The molecule has 0 unspecified atom stereocenters. The van der Waals surface area contributed by atoms with Crippen LogP contribution in [0.4, 0.5) is 0 Å². The van der Waals surface area contributed by atoms with E-state index in [1.807, 2.05) is 12.1 Å². The Balaban J connectivity index is 1.87. The molecule has 0 spiro atoms. The Hall–Kier alpha value is -2.01. The summed E-state index contributed by atoms with van der Waals surface area (Å²) in [6.45, 7) is 5.05. The highest BCUT2D eigenvalue weighted by molar-refractivity contribution is 9.10. The van der Waals surface area contributed by atoms with Crippen LogP contribution in [0.25, 0.3) is 0 Å². The first-order valence-corrected chi connectivity index (χ1v) is 8.15. The molecule has 0 amide bonds. The topological polar surface area (TPSA) is 55.8 Å². The summed E-state index contributed by atoms with van der Waals surface area (Å²) in [6.07, 6.45) is 0. The van der Waals surface area contributed by atoms with Gasteiger partial charge in [-0.2, -0.15) is 0 Å². The molecule has 4 nitrogen and oxygen atoms in total. The summed E-state index contributed by atoms with van der Waals surface area (Å²) >= 11 is 3.47. The van der Waals surface area contributed by atoms with Crippen LogP contribution in [0.2, 0.25) is 0 Å². The fourth-order valence-corrected chi connectivity index (χ4v) is 2.49. The molecule has 0 aliphatic carbocycles. The Morgan fingerprint density at radius 3 is 2.35 bits per heavy atom. The Kier molecular flexibility index (Phi) is 6.04. The summed E-state index contributed by atoms with van der Waals surface area (Å²) < 4.78 is 12.4. The van der Waals surface area contributed by atoms with E-state index in [-0.39, 0.29) is 5.56 Å². The zero-order valence-electron chi connectivity index (χ0n) is 13.1. The quantitative estimate of drug-likeness (QED) is 0.707. The molecule has 0 heterocycles. The van der Waals surface area contributed by atoms with Crippen LogP contribution in [-0.4, -0.2) is 24.3 Å². The van der Waals surface area contributed by atoms with Gasteiger partial charge in [0.2, 0.25) is 0 Å². The van der Waals surface area contributed by atoms with Gasteiger partial charge >= 0.3 is 5.97 Å². The van der Waals surface area contributed by atoms with E-state index in [9.17, 15) is 4.79 Å². The maximum absolute atomic E-state index is 10.8. The highest BCUT2D eigenvalue weighted by Crippen LogP contribution is 2.29. The molecule has 0 atom stereocenters. The fraction of sp³-hybridized carbons (Fsp3) is 0.278. The molecule has 1 N–H and O–H groups in total. The second-order valence-electron chi connectivity index (χ2n) is 5.36. The Labute approximate surface area is 144 Å². The molecule has 0 aliphatic heterocycles. The lowest BCUT2D eigenvalue weighted by molar-refractivity contribution is 0.0697. The SMILES string of the molecule is CC(C)c1cc(Br)ccc1OCCOc1ccc(C(=O)O)cc1. The summed E-state index contributed by atoms with van der Waals surface area (Å²) in [5, 5.41) is 8.84. The second-order valence-corrected chi connectivity index (χ2v) is 6.28. The molecule has 23 heavy (non-hydrogen) atoms. The van der Waals surface area contributed by atoms with Gasteiger partial charge in [0.15, 0.2) is 0 Å². The minimum Gasteiger partial charge on any atom is -0.490 e. The van der Waals surface area contributed by atoms with E-state index in [1.54, 1.807) is 12.1 Å². The molecule has 2 aromatic rings. The minimum atomic E-state index is -0.948. The Bertz CT molecular complexity index is 665. The normalized spacial score (nSPS) is 10.6. The average Bonchev–Trinajstić information content (AvgIpc) is 2.53. The standard InChI is InChI=1S/C18H19BrO4/c1-12(2)16-11-14(19)5-8-17(16)23-10-9-22-15-6-3-13(4-7-15)18(20)21/h3-8,11-12H,9-10H2,1-2H3,(H,20,21). The van der Waals surface area contributed by atoms with E-state index in [0.717, 1.165) is 15.8 Å². The molecule has 0 aliphatic rings. The predicted molar refractivity (Wildman–Crippen MR) is 92.6 cm³/mol. The van der Waals surface area contributed by atoms with Gasteiger partial charge in [0, 0.05) is 4.47 Å². The summed E-state index contributed by atoms with van der Waals surface area (Å²) in [6, 6.07) is 12.3. The third kappa shape index (κ3) is 4.99. The fourth-order valence-electron chi connectivity index (χ4n) is 2.11. The molecule has 2 aromatic carbocycles. The maximum atomic E-state index is 10.8. The molecule has 0 saturated carbocycles. The van der Waals surface area contributed by atoms with Crippen molar-refractivity contribution in [1.82, 2.24) is 0 Å². The zero-order chi connectivity index (χ0) is 16.8. The number of benzene rings is 2. The lowest BCUT2D eigenvalue weighted by atomic mass is 10.0. The van der Waals surface area contributed by atoms with Crippen molar-refractivity contribution in [3.63, 3.8) is 0 Å². The third-order valence-corrected chi connectivity index (χ3v) is 3.80. The number of rotatable bonds is 7. The van der Waals surface area contributed by atoms with Crippen molar-refractivity contribution < 1.29 is 19.4 Å². The van der Waals surface area contributed by atoms with Crippen molar-refractivity contribution in [3.05, 3.63) is 58.1 Å². The van der Waals surface area contributed by atoms with Crippen LogP contribution < -0.4 is 9.47 Å². The second kappa shape index (κ2) is 8.02. The molecule has 2 rings (SSSR count). The van der Waals surface area contributed by atoms with E-state index < -0.39 is 5.97 Å². The van der Waals surface area contributed by atoms with Crippen molar-refractivity contribution in [3.8, 4) is 11.5 Å². The van der Waals surface area contributed by atoms with Gasteiger partial charge < -0.3 is 14.6 Å². The molecule has 0 fully saturated rings. The highest BCUT2D eigenvalue weighted by Gasteiger charge is 2.08. The number of carboxylic acids is 1. The lowest BCUT2D eigenvalue weighted by Crippen LogP contribution is -2.10. The van der Waals surface area contributed by atoms with Crippen molar-refractivity contribution in [2.24, 2.45) is 0 Å². The van der Waals surface area contributed by atoms with Crippen molar-refractivity contribution in [2.45, 2.75) is 19.8 Å². The molecule has 0 bridgehead atoms. The smallest absolute Gasteiger partial charge is 0.335 e. The minimum absolute atomic E-state index is 0.241. The van der Waals surface area contributed by atoms with Crippen molar-refractivity contribution >= 4 is 21.9 Å². The molecule has 5 heteroatoms. The van der Waals surface area contributed by atoms with Gasteiger partial charge in [0.25, 0.3) is 0 Å².